The lowest BCUT2D eigenvalue weighted by molar-refractivity contribution is 0.0902. The molecule has 3 rings (SSSR count). The zero-order chi connectivity index (χ0) is 15.5. The van der Waals surface area contributed by atoms with Crippen molar-refractivity contribution in [2.24, 2.45) is 5.92 Å². The summed E-state index contributed by atoms with van der Waals surface area (Å²) in [6.07, 6.45) is 7.08. The molecular weight excluding hydrogens is 280 g/mol. The Kier molecular flexibility index (Phi) is 4.32. The maximum absolute atomic E-state index is 12.5. The molecule has 1 N–H and O–H groups in total. The first kappa shape index (κ1) is 14.9. The number of amides is 1. The van der Waals surface area contributed by atoms with Crippen LogP contribution in [0, 0.1) is 19.8 Å². The second-order valence-corrected chi connectivity index (χ2v) is 6.11. The van der Waals surface area contributed by atoms with Gasteiger partial charge in [-0.25, -0.2) is 0 Å². The van der Waals surface area contributed by atoms with Crippen molar-refractivity contribution in [2.45, 2.75) is 52.0 Å². The molecule has 5 nitrogen and oxygen atoms in total. The fourth-order valence-corrected chi connectivity index (χ4v) is 3.38. The van der Waals surface area contributed by atoms with E-state index in [1.54, 1.807) is 20.1 Å². The minimum absolute atomic E-state index is 0.0763. The summed E-state index contributed by atoms with van der Waals surface area (Å²) in [5.74, 6) is 1.91. The standard InChI is InChI=1S/C17H22N2O3/c1-11-16(12(2)22-19-11)17(20)18-15-8-4-3-6-13(15)10-14-7-5-9-21-14/h5,7,9,13,15H,3-4,6,8,10H2,1-2H3,(H,18,20). The van der Waals surface area contributed by atoms with E-state index in [0.29, 0.717) is 22.9 Å². The van der Waals surface area contributed by atoms with E-state index < -0.39 is 0 Å². The molecule has 1 aliphatic rings. The minimum Gasteiger partial charge on any atom is -0.469 e. The molecule has 2 unspecified atom stereocenters. The topological polar surface area (TPSA) is 68.3 Å². The van der Waals surface area contributed by atoms with Crippen molar-refractivity contribution in [1.82, 2.24) is 10.5 Å². The first-order valence-corrected chi connectivity index (χ1v) is 7.91. The molecule has 1 fully saturated rings. The number of carbonyl (C=O) groups is 1. The van der Waals surface area contributed by atoms with Crippen LogP contribution in [0.4, 0.5) is 0 Å². The van der Waals surface area contributed by atoms with Gasteiger partial charge in [-0.3, -0.25) is 4.79 Å². The van der Waals surface area contributed by atoms with E-state index in [4.69, 9.17) is 8.94 Å². The Morgan fingerprint density at radius 1 is 1.36 bits per heavy atom. The molecule has 0 aliphatic heterocycles. The smallest absolute Gasteiger partial charge is 0.257 e. The van der Waals surface area contributed by atoms with Gasteiger partial charge in [0.2, 0.25) is 0 Å². The number of rotatable bonds is 4. The van der Waals surface area contributed by atoms with Gasteiger partial charge in [0.1, 0.15) is 17.1 Å². The van der Waals surface area contributed by atoms with Crippen LogP contribution in [0.5, 0.6) is 0 Å². The number of aryl methyl sites for hydroxylation is 2. The van der Waals surface area contributed by atoms with Crippen LogP contribution in [0.2, 0.25) is 0 Å². The summed E-state index contributed by atoms with van der Waals surface area (Å²) in [6.45, 7) is 3.57. The van der Waals surface area contributed by atoms with Crippen LogP contribution in [0.15, 0.2) is 27.3 Å². The number of nitrogens with zero attached hydrogens (tertiary/aromatic N) is 1. The number of carbonyl (C=O) groups excluding carboxylic acids is 1. The second kappa shape index (κ2) is 6.38. The fourth-order valence-electron chi connectivity index (χ4n) is 3.38. The van der Waals surface area contributed by atoms with Crippen molar-refractivity contribution in [3.05, 3.63) is 41.2 Å². The zero-order valence-electron chi connectivity index (χ0n) is 13.1. The maximum Gasteiger partial charge on any atom is 0.257 e. The van der Waals surface area contributed by atoms with Crippen molar-refractivity contribution < 1.29 is 13.7 Å². The first-order chi connectivity index (χ1) is 10.6. The summed E-state index contributed by atoms with van der Waals surface area (Å²) >= 11 is 0. The van der Waals surface area contributed by atoms with E-state index in [0.717, 1.165) is 31.4 Å². The Labute approximate surface area is 130 Å². The van der Waals surface area contributed by atoms with E-state index in [1.165, 1.54) is 6.42 Å². The van der Waals surface area contributed by atoms with Gasteiger partial charge < -0.3 is 14.3 Å². The monoisotopic (exact) mass is 302 g/mol. The van der Waals surface area contributed by atoms with Crippen molar-refractivity contribution in [2.75, 3.05) is 0 Å². The van der Waals surface area contributed by atoms with Gasteiger partial charge in [0, 0.05) is 12.5 Å². The summed E-state index contributed by atoms with van der Waals surface area (Å²) < 4.78 is 10.6. The summed E-state index contributed by atoms with van der Waals surface area (Å²) in [4.78, 5) is 12.5. The molecule has 22 heavy (non-hydrogen) atoms. The number of nitrogens with one attached hydrogen (secondary N) is 1. The molecule has 2 heterocycles. The molecule has 0 bridgehead atoms. The normalized spacial score (nSPS) is 21.7. The van der Waals surface area contributed by atoms with Gasteiger partial charge >= 0.3 is 0 Å². The van der Waals surface area contributed by atoms with Gasteiger partial charge in [0.25, 0.3) is 5.91 Å². The molecule has 2 aromatic rings. The molecule has 0 spiro atoms. The van der Waals surface area contributed by atoms with E-state index >= 15 is 0 Å². The Morgan fingerprint density at radius 2 is 2.18 bits per heavy atom. The Bertz CT molecular complexity index is 611. The predicted molar refractivity (Wildman–Crippen MR) is 81.6 cm³/mol. The number of hydrogen-bond acceptors (Lipinski definition) is 4. The van der Waals surface area contributed by atoms with Gasteiger partial charge in [-0.15, -0.1) is 0 Å². The average Bonchev–Trinajstić information content (AvgIpc) is 3.11. The Balaban J connectivity index is 1.70. The van der Waals surface area contributed by atoms with E-state index in [2.05, 4.69) is 10.5 Å². The van der Waals surface area contributed by atoms with Crippen molar-refractivity contribution >= 4 is 5.91 Å². The lowest BCUT2D eigenvalue weighted by Crippen LogP contribution is -2.43. The Hall–Kier alpha value is -2.04. The molecule has 2 aromatic heterocycles. The predicted octanol–water partition coefficient (Wildman–Crippen LogP) is 3.42. The molecule has 0 radical (unpaired) electrons. The highest BCUT2D eigenvalue weighted by Crippen LogP contribution is 2.28. The van der Waals surface area contributed by atoms with Crippen LogP contribution in [-0.4, -0.2) is 17.1 Å². The van der Waals surface area contributed by atoms with Crippen LogP contribution in [0.25, 0.3) is 0 Å². The number of aromatic nitrogens is 1. The van der Waals surface area contributed by atoms with E-state index in [1.807, 2.05) is 12.1 Å². The molecule has 0 saturated heterocycles. The summed E-state index contributed by atoms with van der Waals surface area (Å²) in [6, 6.07) is 4.09. The van der Waals surface area contributed by atoms with Crippen LogP contribution >= 0.6 is 0 Å². The van der Waals surface area contributed by atoms with Gasteiger partial charge in [0.15, 0.2) is 0 Å². The van der Waals surface area contributed by atoms with Crippen LogP contribution in [0.3, 0.4) is 0 Å². The van der Waals surface area contributed by atoms with E-state index in [9.17, 15) is 4.79 Å². The van der Waals surface area contributed by atoms with Gasteiger partial charge in [0.05, 0.1) is 12.0 Å². The molecular formula is C17H22N2O3. The first-order valence-electron chi connectivity index (χ1n) is 7.91. The minimum atomic E-state index is -0.0763. The maximum atomic E-state index is 12.5. The van der Waals surface area contributed by atoms with Crippen molar-refractivity contribution in [3.63, 3.8) is 0 Å². The second-order valence-electron chi connectivity index (χ2n) is 6.11. The third-order valence-corrected chi connectivity index (χ3v) is 4.53. The number of hydrogen-bond donors (Lipinski definition) is 1. The lowest BCUT2D eigenvalue weighted by Gasteiger charge is -2.31. The van der Waals surface area contributed by atoms with Gasteiger partial charge in [-0.2, -0.15) is 0 Å². The third kappa shape index (κ3) is 3.08. The zero-order valence-corrected chi connectivity index (χ0v) is 13.1. The highest BCUT2D eigenvalue weighted by molar-refractivity contribution is 5.96. The summed E-state index contributed by atoms with van der Waals surface area (Å²) in [5.41, 5.74) is 1.22. The molecule has 5 heteroatoms. The van der Waals surface area contributed by atoms with Crippen LogP contribution < -0.4 is 5.32 Å². The fraction of sp³-hybridized carbons (Fsp3) is 0.529. The van der Waals surface area contributed by atoms with Gasteiger partial charge in [-0.05, 0) is 44.7 Å². The van der Waals surface area contributed by atoms with Crippen molar-refractivity contribution in [1.29, 1.82) is 0 Å². The highest BCUT2D eigenvalue weighted by atomic mass is 16.5. The largest absolute Gasteiger partial charge is 0.469 e. The van der Waals surface area contributed by atoms with Crippen LogP contribution in [0.1, 0.15) is 53.3 Å². The van der Waals surface area contributed by atoms with E-state index in [-0.39, 0.29) is 11.9 Å². The molecule has 1 amide bonds. The number of furan rings is 1. The van der Waals surface area contributed by atoms with Crippen LogP contribution in [-0.2, 0) is 6.42 Å². The molecule has 2 atom stereocenters. The highest BCUT2D eigenvalue weighted by Gasteiger charge is 2.29. The average molecular weight is 302 g/mol. The van der Waals surface area contributed by atoms with Gasteiger partial charge in [-0.1, -0.05) is 18.0 Å². The molecule has 1 aliphatic carbocycles. The van der Waals surface area contributed by atoms with Crippen molar-refractivity contribution in [3.8, 4) is 0 Å². The third-order valence-electron chi connectivity index (χ3n) is 4.53. The quantitative estimate of drug-likeness (QED) is 0.939. The molecule has 1 saturated carbocycles. The molecule has 0 aromatic carbocycles. The summed E-state index contributed by atoms with van der Waals surface area (Å²) in [7, 11) is 0. The Morgan fingerprint density at radius 3 is 2.86 bits per heavy atom. The molecule has 118 valence electrons. The SMILES string of the molecule is Cc1noc(C)c1C(=O)NC1CCCCC1Cc1ccco1. The summed E-state index contributed by atoms with van der Waals surface area (Å²) in [5, 5.41) is 7.04. The lowest BCUT2D eigenvalue weighted by atomic mass is 9.81.